The first-order valence-electron chi connectivity index (χ1n) is 7.04. The Hall–Kier alpha value is -0.660. The SMILES string of the molecule is CC(=O)C1C(=O)CCC2CC(C(C)C)CCC21. The van der Waals surface area contributed by atoms with Crippen molar-refractivity contribution < 1.29 is 9.59 Å². The number of rotatable bonds is 2. The molecule has 2 nitrogen and oxygen atoms in total. The van der Waals surface area contributed by atoms with Crippen molar-refractivity contribution in [1.82, 2.24) is 0 Å². The first-order chi connectivity index (χ1) is 8.00. The molecule has 2 aliphatic carbocycles. The molecule has 0 aromatic carbocycles. The van der Waals surface area contributed by atoms with Gasteiger partial charge in [0.05, 0.1) is 5.92 Å². The van der Waals surface area contributed by atoms with Crippen LogP contribution in [0, 0.1) is 29.6 Å². The van der Waals surface area contributed by atoms with E-state index in [4.69, 9.17) is 0 Å². The van der Waals surface area contributed by atoms with Gasteiger partial charge in [-0.15, -0.1) is 0 Å². The number of hydrogen-bond donors (Lipinski definition) is 0. The van der Waals surface area contributed by atoms with E-state index in [-0.39, 0.29) is 17.5 Å². The molecule has 2 aliphatic rings. The topological polar surface area (TPSA) is 34.1 Å². The number of carbonyl (C=O) groups is 2. The largest absolute Gasteiger partial charge is 0.299 e. The Morgan fingerprint density at radius 2 is 1.94 bits per heavy atom. The molecular formula is C15H24O2. The Morgan fingerprint density at radius 1 is 1.24 bits per heavy atom. The van der Waals surface area contributed by atoms with Crippen molar-refractivity contribution in [1.29, 1.82) is 0 Å². The van der Waals surface area contributed by atoms with Gasteiger partial charge in [0.1, 0.15) is 11.6 Å². The maximum absolute atomic E-state index is 11.9. The van der Waals surface area contributed by atoms with E-state index in [2.05, 4.69) is 13.8 Å². The lowest BCUT2D eigenvalue weighted by Gasteiger charge is -2.43. The van der Waals surface area contributed by atoms with Gasteiger partial charge in [-0.05, 0) is 56.3 Å². The molecule has 2 fully saturated rings. The van der Waals surface area contributed by atoms with Gasteiger partial charge >= 0.3 is 0 Å². The molecule has 0 N–H and O–H groups in total. The van der Waals surface area contributed by atoms with E-state index in [1.54, 1.807) is 6.92 Å². The van der Waals surface area contributed by atoms with Crippen molar-refractivity contribution in [3.05, 3.63) is 0 Å². The Balaban J connectivity index is 2.10. The van der Waals surface area contributed by atoms with Crippen LogP contribution in [0.3, 0.4) is 0 Å². The van der Waals surface area contributed by atoms with Crippen LogP contribution in [0.5, 0.6) is 0 Å². The zero-order chi connectivity index (χ0) is 12.6. The first kappa shape index (κ1) is 12.8. The monoisotopic (exact) mass is 236 g/mol. The van der Waals surface area contributed by atoms with Gasteiger partial charge in [-0.25, -0.2) is 0 Å². The van der Waals surface area contributed by atoms with Crippen molar-refractivity contribution >= 4 is 11.6 Å². The highest BCUT2D eigenvalue weighted by Crippen LogP contribution is 2.46. The van der Waals surface area contributed by atoms with Gasteiger partial charge in [-0.2, -0.15) is 0 Å². The fourth-order valence-corrected chi connectivity index (χ4v) is 3.95. The molecule has 2 heteroatoms. The molecular weight excluding hydrogens is 212 g/mol. The predicted molar refractivity (Wildman–Crippen MR) is 67.6 cm³/mol. The molecule has 0 amide bonds. The molecule has 0 heterocycles. The lowest BCUT2D eigenvalue weighted by atomic mass is 9.60. The van der Waals surface area contributed by atoms with Crippen LogP contribution < -0.4 is 0 Å². The van der Waals surface area contributed by atoms with E-state index < -0.39 is 0 Å². The van der Waals surface area contributed by atoms with Crippen molar-refractivity contribution in [2.75, 3.05) is 0 Å². The fourth-order valence-electron chi connectivity index (χ4n) is 3.95. The minimum Gasteiger partial charge on any atom is -0.299 e. The van der Waals surface area contributed by atoms with Crippen LogP contribution in [-0.4, -0.2) is 11.6 Å². The molecule has 96 valence electrons. The van der Waals surface area contributed by atoms with Crippen LogP contribution in [0.15, 0.2) is 0 Å². The third kappa shape index (κ3) is 2.46. The van der Waals surface area contributed by atoms with E-state index in [1.807, 2.05) is 0 Å². The normalized spacial score (nSPS) is 38.0. The molecule has 2 rings (SSSR count). The van der Waals surface area contributed by atoms with E-state index in [9.17, 15) is 9.59 Å². The Morgan fingerprint density at radius 3 is 2.53 bits per heavy atom. The minimum absolute atomic E-state index is 0.104. The molecule has 0 spiro atoms. The van der Waals surface area contributed by atoms with Crippen LogP contribution in [0.25, 0.3) is 0 Å². The average Bonchev–Trinajstić information content (AvgIpc) is 2.27. The van der Waals surface area contributed by atoms with Crippen LogP contribution in [0.2, 0.25) is 0 Å². The van der Waals surface area contributed by atoms with Crippen molar-refractivity contribution in [3.8, 4) is 0 Å². The number of fused-ring (bicyclic) bond motifs is 1. The highest BCUT2D eigenvalue weighted by Gasteiger charge is 2.44. The molecule has 0 saturated heterocycles. The van der Waals surface area contributed by atoms with Crippen LogP contribution in [0.4, 0.5) is 0 Å². The van der Waals surface area contributed by atoms with Crippen LogP contribution in [0.1, 0.15) is 52.9 Å². The maximum Gasteiger partial charge on any atom is 0.143 e. The van der Waals surface area contributed by atoms with Crippen molar-refractivity contribution in [2.45, 2.75) is 52.9 Å². The summed E-state index contributed by atoms with van der Waals surface area (Å²) in [5, 5.41) is 0. The summed E-state index contributed by atoms with van der Waals surface area (Å²) in [6, 6.07) is 0. The highest BCUT2D eigenvalue weighted by molar-refractivity contribution is 6.02. The van der Waals surface area contributed by atoms with Gasteiger partial charge in [0.15, 0.2) is 0 Å². The zero-order valence-corrected chi connectivity index (χ0v) is 11.2. The van der Waals surface area contributed by atoms with Gasteiger partial charge in [-0.3, -0.25) is 9.59 Å². The van der Waals surface area contributed by atoms with Crippen LogP contribution in [-0.2, 0) is 9.59 Å². The summed E-state index contributed by atoms with van der Waals surface area (Å²) in [7, 11) is 0. The van der Waals surface area contributed by atoms with Gasteiger partial charge in [0.2, 0.25) is 0 Å². The van der Waals surface area contributed by atoms with Gasteiger partial charge in [-0.1, -0.05) is 13.8 Å². The third-order valence-electron chi connectivity index (χ3n) is 5.00. The minimum atomic E-state index is -0.262. The summed E-state index contributed by atoms with van der Waals surface area (Å²) < 4.78 is 0. The summed E-state index contributed by atoms with van der Waals surface area (Å²) in [6.07, 6.45) is 5.19. The molecule has 0 aromatic heterocycles. The summed E-state index contributed by atoms with van der Waals surface area (Å²) in [6.45, 7) is 6.18. The molecule has 4 atom stereocenters. The number of carbonyl (C=O) groups excluding carboxylic acids is 2. The summed E-state index contributed by atoms with van der Waals surface area (Å²) in [5.41, 5.74) is 0. The van der Waals surface area contributed by atoms with Gasteiger partial charge in [0.25, 0.3) is 0 Å². The highest BCUT2D eigenvalue weighted by atomic mass is 16.1. The summed E-state index contributed by atoms with van der Waals surface area (Å²) in [5.74, 6) is 2.59. The molecule has 2 saturated carbocycles. The third-order valence-corrected chi connectivity index (χ3v) is 5.00. The summed E-state index contributed by atoms with van der Waals surface area (Å²) >= 11 is 0. The Labute approximate surface area is 104 Å². The Bertz CT molecular complexity index is 319. The maximum atomic E-state index is 11.9. The van der Waals surface area contributed by atoms with Gasteiger partial charge in [0, 0.05) is 6.42 Å². The predicted octanol–water partition coefficient (Wildman–Crippen LogP) is 3.24. The Kier molecular flexibility index (Phi) is 3.70. The zero-order valence-electron chi connectivity index (χ0n) is 11.2. The van der Waals surface area contributed by atoms with Crippen molar-refractivity contribution in [3.63, 3.8) is 0 Å². The van der Waals surface area contributed by atoms with Gasteiger partial charge < -0.3 is 0 Å². The number of hydrogen-bond acceptors (Lipinski definition) is 2. The fraction of sp³-hybridized carbons (Fsp3) is 0.867. The average molecular weight is 236 g/mol. The molecule has 0 radical (unpaired) electrons. The number of ketones is 2. The molecule has 0 aliphatic heterocycles. The second kappa shape index (κ2) is 4.91. The molecule has 17 heavy (non-hydrogen) atoms. The van der Waals surface area contributed by atoms with Crippen LogP contribution >= 0.6 is 0 Å². The van der Waals surface area contributed by atoms with E-state index in [1.165, 1.54) is 12.8 Å². The first-order valence-corrected chi connectivity index (χ1v) is 7.04. The second-order valence-corrected chi connectivity index (χ2v) is 6.33. The van der Waals surface area contributed by atoms with Crippen molar-refractivity contribution in [2.24, 2.45) is 29.6 Å². The lowest BCUT2D eigenvalue weighted by molar-refractivity contribution is -0.139. The quantitative estimate of drug-likeness (QED) is 0.690. The summed E-state index contributed by atoms with van der Waals surface area (Å²) in [4.78, 5) is 23.5. The number of Topliss-reactive ketones (excluding diaryl/α,β-unsaturated/α-hetero) is 2. The van der Waals surface area contributed by atoms with E-state index >= 15 is 0 Å². The van der Waals surface area contributed by atoms with E-state index in [0.717, 1.165) is 24.7 Å². The molecule has 0 aromatic rings. The molecule has 4 unspecified atom stereocenters. The van der Waals surface area contributed by atoms with E-state index in [0.29, 0.717) is 18.3 Å². The lowest BCUT2D eigenvalue weighted by Crippen LogP contribution is -2.42. The standard InChI is InChI=1S/C15H24O2/c1-9(2)11-4-6-13-12(8-11)5-7-14(17)15(13)10(3)16/h9,11-13,15H,4-8H2,1-3H3. The second-order valence-electron chi connectivity index (χ2n) is 6.33. The smallest absolute Gasteiger partial charge is 0.143 e. The molecule has 0 bridgehead atoms.